The van der Waals surface area contributed by atoms with Crippen LogP contribution in [0.1, 0.15) is 19.4 Å². The number of nitrogens with one attached hydrogen (secondary N) is 1. The van der Waals surface area contributed by atoms with Crippen LogP contribution in [0.2, 0.25) is 0 Å². The molecule has 0 fully saturated rings. The van der Waals surface area contributed by atoms with Crippen molar-refractivity contribution in [2.24, 2.45) is 4.99 Å². The van der Waals surface area contributed by atoms with Crippen molar-refractivity contribution in [3.8, 4) is 23.8 Å². The normalized spacial score (nSPS) is 14.9. The van der Waals surface area contributed by atoms with Gasteiger partial charge in [-0.25, -0.2) is 0 Å². The molecule has 2 rings (SSSR count). The molecule has 0 aliphatic carbocycles. The Labute approximate surface area is 158 Å². The molecule has 0 saturated carbocycles. The Hall–Kier alpha value is -2.24. The Morgan fingerprint density at radius 2 is 2.24 bits per heavy atom. The van der Waals surface area contributed by atoms with Gasteiger partial charge in [0.05, 0.1) is 16.0 Å². The number of hydrogen-bond acceptors (Lipinski definition) is 5. The van der Waals surface area contributed by atoms with E-state index in [2.05, 4.69) is 32.2 Å². The van der Waals surface area contributed by atoms with Crippen molar-refractivity contribution in [2.45, 2.75) is 13.8 Å². The third kappa shape index (κ3) is 5.11. The average Bonchev–Trinajstić information content (AvgIpc) is 2.85. The number of amidine groups is 1. The monoisotopic (exact) mass is 422 g/mol. The number of rotatable bonds is 5. The fraction of sp³-hybridized carbons (Fsp3) is 0.235. The molecule has 25 heavy (non-hydrogen) atoms. The van der Waals surface area contributed by atoms with Crippen molar-refractivity contribution in [1.82, 2.24) is 5.32 Å². The van der Waals surface area contributed by atoms with Crippen molar-refractivity contribution in [2.75, 3.05) is 13.2 Å². The molecule has 0 atom stereocenters. The number of benzene rings is 1. The van der Waals surface area contributed by atoms with Gasteiger partial charge in [-0.05, 0) is 58.4 Å². The molecule has 2 amide bonds. The third-order valence-corrected chi connectivity index (χ3v) is 4.32. The standard InChI is InChI=1S/C17H15BrN2O4S/c1-4-6-24-15-12(18)7-11(8-13(15)23-5-2)9-14-16(22)20-17(25-14)19-10(3)21/h1,7-9H,5-6H2,2-3H3,(H,19,20,21,22). The van der Waals surface area contributed by atoms with Crippen molar-refractivity contribution >= 4 is 50.7 Å². The molecule has 6 nitrogen and oxygen atoms in total. The van der Waals surface area contributed by atoms with E-state index in [9.17, 15) is 9.59 Å². The molecular formula is C17H15BrN2O4S. The highest BCUT2D eigenvalue weighted by molar-refractivity contribution is 9.10. The van der Waals surface area contributed by atoms with Gasteiger partial charge in [0.1, 0.15) is 6.61 Å². The highest BCUT2D eigenvalue weighted by Gasteiger charge is 2.23. The van der Waals surface area contributed by atoms with Gasteiger partial charge < -0.3 is 14.8 Å². The second kappa shape index (κ2) is 8.74. The first-order chi connectivity index (χ1) is 11.9. The van der Waals surface area contributed by atoms with Crippen LogP contribution in [-0.4, -0.2) is 30.2 Å². The molecular weight excluding hydrogens is 408 g/mol. The van der Waals surface area contributed by atoms with Gasteiger partial charge in [-0.2, -0.15) is 4.99 Å². The molecule has 1 aromatic rings. The predicted octanol–water partition coefficient (Wildman–Crippen LogP) is 2.97. The van der Waals surface area contributed by atoms with Crippen LogP contribution in [0.5, 0.6) is 11.5 Å². The van der Waals surface area contributed by atoms with E-state index in [0.717, 1.165) is 17.3 Å². The van der Waals surface area contributed by atoms with Crippen molar-refractivity contribution in [1.29, 1.82) is 0 Å². The number of carbonyl (C=O) groups is 2. The smallest absolute Gasteiger partial charge is 0.286 e. The summed E-state index contributed by atoms with van der Waals surface area (Å²) < 4.78 is 11.7. The van der Waals surface area contributed by atoms with Crippen LogP contribution in [0.15, 0.2) is 26.5 Å². The molecule has 1 heterocycles. The number of ether oxygens (including phenoxy) is 2. The van der Waals surface area contributed by atoms with Crippen molar-refractivity contribution in [3.63, 3.8) is 0 Å². The zero-order valence-electron chi connectivity index (χ0n) is 13.6. The van der Waals surface area contributed by atoms with Gasteiger partial charge >= 0.3 is 0 Å². The number of nitrogens with zero attached hydrogens (tertiary/aromatic N) is 1. The van der Waals surface area contributed by atoms with E-state index in [-0.39, 0.29) is 17.7 Å². The molecule has 1 aliphatic rings. The lowest BCUT2D eigenvalue weighted by atomic mass is 10.2. The largest absolute Gasteiger partial charge is 0.490 e. The average molecular weight is 423 g/mol. The topological polar surface area (TPSA) is 77.0 Å². The van der Waals surface area contributed by atoms with Crippen LogP contribution >= 0.6 is 27.7 Å². The summed E-state index contributed by atoms with van der Waals surface area (Å²) in [6.45, 7) is 3.77. The van der Waals surface area contributed by atoms with Gasteiger partial charge in [-0.1, -0.05) is 5.92 Å². The van der Waals surface area contributed by atoms with Crippen LogP contribution in [0.4, 0.5) is 0 Å². The van der Waals surface area contributed by atoms with Gasteiger partial charge in [0, 0.05) is 6.92 Å². The number of carbonyl (C=O) groups excluding carboxylic acids is 2. The lowest BCUT2D eigenvalue weighted by molar-refractivity contribution is -0.117. The Balaban J connectivity index is 2.30. The Morgan fingerprint density at radius 3 is 2.88 bits per heavy atom. The molecule has 0 unspecified atom stereocenters. The summed E-state index contributed by atoms with van der Waals surface area (Å²) >= 11 is 4.53. The predicted molar refractivity (Wildman–Crippen MR) is 101 cm³/mol. The highest BCUT2D eigenvalue weighted by atomic mass is 79.9. The molecule has 0 radical (unpaired) electrons. The minimum Gasteiger partial charge on any atom is -0.490 e. The number of terminal acetylenes is 1. The highest BCUT2D eigenvalue weighted by Crippen LogP contribution is 2.38. The SMILES string of the molecule is C#CCOc1c(Br)cc(C=C2SC(NC(C)=O)=NC2=O)cc1OCC. The minimum absolute atomic E-state index is 0.112. The van der Waals surface area contributed by atoms with E-state index in [0.29, 0.717) is 27.5 Å². The lowest BCUT2D eigenvalue weighted by Gasteiger charge is -2.13. The number of halogens is 1. The zero-order chi connectivity index (χ0) is 18.4. The van der Waals surface area contributed by atoms with E-state index in [1.165, 1.54) is 6.92 Å². The number of aliphatic imine (C=N–C) groups is 1. The lowest BCUT2D eigenvalue weighted by Crippen LogP contribution is -2.23. The summed E-state index contributed by atoms with van der Waals surface area (Å²) in [5.74, 6) is 2.73. The number of thioether (sulfide) groups is 1. The van der Waals surface area contributed by atoms with Gasteiger partial charge in [0.2, 0.25) is 5.91 Å². The van der Waals surface area contributed by atoms with E-state index in [1.807, 2.05) is 6.92 Å². The summed E-state index contributed by atoms with van der Waals surface area (Å²) in [5.41, 5.74) is 0.721. The molecule has 0 spiro atoms. The van der Waals surface area contributed by atoms with Crippen molar-refractivity contribution in [3.05, 3.63) is 27.1 Å². The molecule has 8 heteroatoms. The molecule has 130 valence electrons. The minimum atomic E-state index is -0.407. The first-order valence-electron chi connectivity index (χ1n) is 7.27. The molecule has 0 bridgehead atoms. The fourth-order valence-electron chi connectivity index (χ4n) is 1.95. The first-order valence-corrected chi connectivity index (χ1v) is 8.88. The Bertz CT molecular complexity index is 812. The maximum atomic E-state index is 12.0. The molecule has 1 N–H and O–H groups in total. The summed E-state index contributed by atoms with van der Waals surface area (Å²) in [4.78, 5) is 27.2. The second-order valence-corrected chi connectivity index (χ2v) is 6.65. The van der Waals surface area contributed by atoms with Gasteiger partial charge in [-0.15, -0.1) is 6.42 Å². The van der Waals surface area contributed by atoms with E-state index >= 15 is 0 Å². The number of hydrogen-bond donors (Lipinski definition) is 1. The van der Waals surface area contributed by atoms with E-state index in [1.54, 1.807) is 18.2 Å². The maximum absolute atomic E-state index is 12.0. The summed E-state index contributed by atoms with van der Waals surface area (Å²) in [6, 6.07) is 3.53. The van der Waals surface area contributed by atoms with Gasteiger partial charge in [0.25, 0.3) is 5.91 Å². The van der Waals surface area contributed by atoms with Crippen LogP contribution in [0.25, 0.3) is 6.08 Å². The fourth-order valence-corrected chi connectivity index (χ4v) is 3.39. The first kappa shape index (κ1) is 19.1. The molecule has 1 aliphatic heterocycles. The third-order valence-electron chi connectivity index (χ3n) is 2.83. The van der Waals surface area contributed by atoms with Crippen LogP contribution < -0.4 is 14.8 Å². The number of amides is 2. The molecule has 0 saturated heterocycles. The molecule has 0 aromatic heterocycles. The Kier molecular flexibility index (Phi) is 6.67. The van der Waals surface area contributed by atoms with Crippen LogP contribution in [-0.2, 0) is 9.59 Å². The second-order valence-electron chi connectivity index (χ2n) is 4.77. The zero-order valence-corrected chi connectivity index (χ0v) is 16.0. The van der Waals surface area contributed by atoms with Crippen LogP contribution in [0.3, 0.4) is 0 Å². The Morgan fingerprint density at radius 1 is 1.48 bits per heavy atom. The maximum Gasteiger partial charge on any atom is 0.286 e. The molecule has 1 aromatic carbocycles. The summed E-state index contributed by atoms with van der Waals surface area (Å²) in [5, 5.41) is 2.77. The van der Waals surface area contributed by atoms with Gasteiger partial charge in [0.15, 0.2) is 16.7 Å². The van der Waals surface area contributed by atoms with E-state index in [4.69, 9.17) is 15.9 Å². The summed E-state index contributed by atoms with van der Waals surface area (Å²) in [6.07, 6.45) is 6.90. The quantitative estimate of drug-likeness (QED) is 0.582. The van der Waals surface area contributed by atoms with Crippen LogP contribution in [0, 0.1) is 12.3 Å². The van der Waals surface area contributed by atoms with Crippen molar-refractivity contribution < 1.29 is 19.1 Å². The van der Waals surface area contributed by atoms with Gasteiger partial charge in [-0.3, -0.25) is 9.59 Å². The summed E-state index contributed by atoms with van der Waals surface area (Å²) in [7, 11) is 0. The van der Waals surface area contributed by atoms with E-state index < -0.39 is 5.91 Å².